The van der Waals surface area contributed by atoms with E-state index < -0.39 is 22.2 Å². The molecule has 1 fully saturated rings. The summed E-state index contributed by atoms with van der Waals surface area (Å²) in [6, 6.07) is -0.603. The van der Waals surface area contributed by atoms with Crippen molar-refractivity contribution >= 4 is 16.1 Å². The lowest BCUT2D eigenvalue weighted by molar-refractivity contribution is -0.120. The molecule has 1 aliphatic rings. The SMILES string of the molecule is CN(C)S(=O)(=O)N1CCNC(C(N)=O)C1. The Morgan fingerprint density at radius 2 is 2.13 bits per heavy atom. The van der Waals surface area contributed by atoms with Crippen LogP contribution >= 0.6 is 0 Å². The van der Waals surface area contributed by atoms with E-state index in [-0.39, 0.29) is 6.54 Å². The number of nitrogens with two attached hydrogens (primary N) is 1. The fourth-order valence-electron chi connectivity index (χ4n) is 1.35. The number of amides is 1. The third-order valence-corrected chi connectivity index (χ3v) is 4.18. The number of piperazine rings is 1. The van der Waals surface area contributed by atoms with Gasteiger partial charge in [-0.2, -0.15) is 17.0 Å². The number of nitrogens with zero attached hydrogens (tertiary/aromatic N) is 2. The van der Waals surface area contributed by atoms with Gasteiger partial charge in [-0.25, -0.2) is 0 Å². The summed E-state index contributed by atoms with van der Waals surface area (Å²) in [4.78, 5) is 10.9. The van der Waals surface area contributed by atoms with Gasteiger partial charge >= 0.3 is 0 Å². The maximum absolute atomic E-state index is 11.7. The molecule has 1 atom stereocenters. The van der Waals surface area contributed by atoms with Crippen molar-refractivity contribution < 1.29 is 13.2 Å². The Bertz CT molecular complexity index is 340. The molecule has 0 spiro atoms. The lowest BCUT2D eigenvalue weighted by Gasteiger charge is -2.32. The third kappa shape index (κ3) is 2.65. The summed E-state index contributed by atoms with van der Waals surface area (Å²) in [6.45, 7) is 0.876. The molecule has 7 nitrogen and oxygen atoms in total. The first-order valence-corrected chi connectivity index (χ1v) is 5.95. The van der Waals surface area contributed by atoms with Gasteiger partial charge in [0.15, 0.2) is 0 Å². The molecule has 1 aliphatic heterocycles. The molecule has 88 valence electrons. The highest BCUT2D eigenvalue weighted by molar-refractivity contribution is 7.86. The number of nitrogens with one attached hydrogen (secondary N) is 1. The van der Waals surface area contributed by atoms with E-state index in [0.29, 0.717) is 13.1 Å². The lowest BCUT2D eigenvalue weighted by atomic mass is 10.2. The van der Waals surface area contributed by atoms with Crippen molar-refractivity contribution in [2.45, 2.75) is 6.04 Å². The van der Waals surface area contributed by atoms with Crippen molar-refractivity contribution in [1.29, 1.82) is 0 Å². The Hall–Kier alpha value is -0.700. The van der Waals surface area contributed by atoms with E-state index in [1.807, 2.05) is 0 Å². The van der Waals surface area contributed by atoms with Crippen LogP contribution in [-0.2, 0) is 15.0 Å². The quantitative estimate of drug-likeness (QED) is 0.568. The van der Waals surface area contributed by atoms with E-state index in [1.54, 1.807) is 0 Å². The molecule has 0 aromatic heterocycles. The van der Waals surface area contributed by atoms with E-state index in [9.17, 15) is 13.2 Å². The van der Waals surface area contributed by atoms with E-state index in [1.165, 1.54) is 18.4 Å². The predicted molar refractivity (Wildman–Crippen MR) is 55.2 cm³/mol. The van der Waals surface area contributed by atoms with Crippen molar-refractivity contribution in [1.82, 2.24) is 13.9 Å². The first-order chi connectivity index (χ1) is 6.85. The maximum Gasteiger partial charge on any atom is 0.281 e. The fraction of sp³-hybridized carbons (Fsp3) is 0.857. The van der Waals surface area contributed by atoms with Crippen LogP contribution in [0.5, 0.6) is 0 Å². The Kier molecular flexibility index (Phi) is 3.66. The van der Waals surface area contributed by atoms with Crippen molar-refractivity contribution in [2.24, 2.45) is 5.73 Å². The third-order valence-electron chi connectivity index (χ3n) is 2.27. The lowest BCUT2D eigenvalue weighted by Crippen LogP contribution is -2.58. The van der Waals surface area contributed by atoms with Crippen molar-refractivity contribution in [2.75, 3.05) is 33.7 Å². The van der Waals surface area contributed by atoms with Gasteiger partial charge in [0.2, 0.25) is 5.91 Å². The summed E-state index contributed by atoms with van der Waals surface area (Å²) in [5, 5.41) is 2.86. The van der Waals surface area contributed by atoms with Gasteiger partial charge in [-0.05, 0) is 0 Å². The minimum Gasteiger partial charge on any atom is -0.368 e. The molecule has 1 saturated heterocycles. The summed E-state index contributed by atoms with van der Waals surface area (Å²) in [5.74, 6) is -0.534. The first kappa shape index (κ1) is 12.4. The highest BCUT2D eigenvalue weighted by atomic mass is 32.2. The Morgan fingerprint density at radius 3 is 2.60 bits per heavy atom. The van der Waals surface area contributed by atoms with Crippen LogP contribution in [0.15, 0.2) is 0 Å². The molecule has 8 heteroatoms. The van der Waals surface area contributed by atoms with Gasteiger partial charge in [-0.3, -0.25) is 4.79 Å². The normalized spacial score (nSPS) is 24.3. The Balaban J connectivity index is 2.77. The zero-order chi connectivity index (χ0) is 11.6. The molecule has 0 aromatic rings. The second-order valence-electron chi connectivity index (χ2n) is 3.56. The molecule has 1 unspecified atom stereocenters. The highest BCUT2D eigenvalue weighted by Crippen LogP contribution is 2.08. The number of carbonyl (C=O) groups is 1. The smallest absolute Gasteiger partial charge is 0.281 e. The fourth-order valence-corrected chi connectivity index (χ4v) is 2.48. The van der Waals surface area contributed by atoms with Crippen LogP contribution in [0.3, 0.4) is 0 Å². The van der Waals surface area contributed by atoms with E-state index >= 15 is 0 Å². The summed E-state index contributed by atoms with van der Waals surface area (Å²) in [5.41, 5.74) is 5.11. The van der Waals surface area contributed by atoms with Gasteiger partial charge in [-0.15, -0.1) is 0 Å². The zero-order valence-corrected chi connectivity index (χ0v) is 9.62. The number of hydrogen-bond donors (Lipinski definition) is 2. The number of primary amides is 1. The molecule has 0 radical (unpaired) electrons. The van der Waals surface area contributed by atoms with E-state index in [0.717, 1.165) is 4.31 Å². The largest absolute Gasteiger partial charge is 0.368 e. The topological polar surface area (TPSA) is 95.7 Å². The van der Waals surface area contributed by atoms with Crippen molar-refractivity contribution in [3.05, 3.63) is 0 Å². The number of hydrogen-bond acceptors (Lipinski definition) is 4. The zero-order valence-electron chi connectivity index (χ0n) is 8.80. The molecule has 0 aliphatic carbocycles. The van der Waals surface area contributed by atoms with Crippen LogP contribution in [-0.4, -0.2) is 62.7 Å². The van der Waals surface area contributed by atoms with Crippen LogP contribution in [0, 0.1) is 0 Å². The molecule has 15 heavy (non-hydrogen) atoms. The van der Waals surface area contributed by atoms with Crippen LogP contribution in [0.4, 0.5) is 0 Å². The summed E-state index contributed by atoms with van der Waals surface area (Å²) >= 11 is 0. The average molecular weight is 236 g/mol. The van der Waals surface area contributed by atoms with Gasteiger partial charge in [0, 0.05) is 33.7 Å². The van der Waals surface area contributed by atoms with E-state index in [4.69, 9.17) is 5.73 Å². The average Bonchev–Trinajstić information content (AvgIpc) is 2.17. The maximum atomic E-state index is 11.7. The standard InChI is InChI=1S/C7H16N4O3S/c1-10(2)15(13,14)11-4-3-9-6(5-11)7(8)12/h6,9H,3-5H2,1-2H3,(H2,8,12). The molecule has 1 rings (SSSR count). The summed E-state index contributed by atoms with van der Waals surface area (Å²) in [7, 11) is -0.537. The molecule has 0 bridgehead atoms. The molecule has 0 aromatic carbocycles. The van der Waals surface area contributed by atoms with Crippen LogP contribution in [0.2, 0.25) is 0 Å². The van der Waals surface area contributed by atoms with Gasteiger partial charge in [0.1, 0.15) is 6.04 Å². The monoisotopic (exact) mass is 236 g/mol. The van der Waals surface area contributed by atoms with Crippen LogP contribution in [0.1, 0.15) is 0 Å². The molecule has 0 saturated carbocycles. The predicted octanol–water partition coefficient (Wildman–Crippen LogP) is -2.45. The second-order valence-corrected chi connectivity index (χ2v) is 5.70. The van der Waals surface area contributed by atoms with Crippen molar-refractivity contribution in [3.8, 4) is 0 Å². The molecule has 1 heterocycles. The molecular weight excluding hydrogens is 220 g/mol. The van der Waals surface area contributed by atoms with Gasteiger partial charge < -0.3 is 11.1 Å². The molecular formula is C7H16N4O3S. The van der Waals surface area contributed by atoms with E-state index in [2.05, 4.69) is 5.32 Å². The Labute approximate surface area is 89.4 Å². The molecule has 3 N–H and O–H groups in total. The number of rotatable bonds is 3. The Morgan fingerprint density at radius 1 is 1.53 bits per heavy atom. The van der Waals surface area contributed by atoms with Gasteiger partial charge in [-0.1, -0.05) is 0 Å². The van der Waals surface area contributed by atoms with Crippen molar-refractivity contribution in [3.63, 3.8) is 0 Å². The van der Waals surface area contributed by atoms with Gasteiger partial charge in [0.05, 0.1) is 0 Å². The number of carbonyl (C=O) groups excluding carboxylic acids is 1. The van der Waals surface area contributed by atoms with Crippen LogP contribution < -0.4 is 11.1 Å². The minimum atomic E-state index is -3.45. The summed E-state index contributed by atoms with van der Waals surface area (Å²) < 4.78 is 25.8. The summed E-state index contributed by atoms with van der Waals surface area (Å²) in [6.07, 6.45) is 0. The van der Waals surface area contributed by atoms with Crippen LogP contribution in [0.25, 0.3) is 0 Å². The van der Waals surface area contributed by atoms with Gasteiger partial charge in [0.25, 0.3) is 10.2 Å². The highest BCUT2D eigenvalue weighted by Gasteiger charge is 2.32. The first-order valence-electron chi connectivity index (χ1n) is 4.56. The molecule has 1 amide bonds. The minimum absolute atomic E-state index is 0.0931. The second kappa shape index (κ2) is 4.44.